The zero-order chi connectivity index (χ0) is 18.3. The Kier molecular flexibility index (Phi) is 10.8. The molecule has 0 radical (unpaired) electrons. The van der Waals surface area contributed by atoms with Gasteiger partial charge in [-0.1, -0.05) is 79.9 Å². The molecule has 0 amide bonds. The molecule has 2 aromatic carbocycles. The van der Waals surface area contributed by atoms with Crippen LogP contribution in [0.25, 0.3) is 0 Å². The minimum atomic E-state index is 0.628. The molecule has 142 valence electrons. The van der Waals surface area contributed by atoms with Crippen LogP contribution in [-0.4, -0.2) is 25.7 Å². The molecule has 2 aromatic rings. The second-order valence-electron chi connectivity index (χ2n) is 7.28. The Morgan fingerprint density at radius 2 is 1.23 bits per heavy atom. The van der Waals surface area contributed by atoms with E-state index < -0.39 is 0 Å². The predicted octanol–water partition coefficient (Wildman–Crippen LogP) is 4.99. The smallest absolute Gasteiger partial charge is 0.00388 e. The second kappa shape index (κ2) is 13.5. The minimum absolute atomic E-state index is 0.628. The fourth-order valence-corrected chi connectivity index (χ4v) is 3.27. The van der Waals surface area contributed by atoms with Crippen LogP contribution < -0.4 is 10.6 Å². The molecular weight excluding hydrogens is 316 g/mol. The van der Waals surface area contributed by atoms with Gasteiger partial charge < -0.3 is 10.6 Å². The summed E-state index contributed by atoms with van der Waals surface area (Å²) in [6, 6.07) is 22.1. The molecule has 0 aliphatic rings. The first-order valence-corrected chi connectivity index (χ1v) is 10.4. The van der Waals surface area contributed by atoms with Gasteiger partial charge in [0.25, 0.3) is 0 Å². The van der Waals surface area contributed by atoms with Crippen LogP contribution in [-0.2, 0) is 12.8 Å². The Balaban J connectivity index is 1.36. The molecular formula is C24H36N2. The van der Waals surface area contributed by atoms with E-state index in [2.05, 4.69) is 78.2 Å². The van der Waals surface area contributed by atoms with Gasteiger partial charge in [0.1, 0.15) is 0 Å². The lowest BCUT2D eigenvalue weighted by Gasteiger charge is -2.13. The van der Waals surface area contributed by atoms with Crippen LogP contribution in [0.1, 0.15) is 50.2 Å². The summed E-state index contributed by atoms with van der Waals surface area (Å²) >= 11 is 0. The summed E-state index contributed by atoms with van der Waals surface area (Å²) in [4.78, 5) is 0. The molecule has 2 nitrogen and oxygen atoms in total. The normalized spacial score (nSPS) is 12.2. The van der Waals surface area contributed by atoms with Crippen molar-refractivity contribution in [1.82, 2.24) is 10.6 Å². The van der Waals surface area contributed by atoms with Crippen LogP contribution in [0, 0.1) is 0 Å². The number of hydrogen-bond donors (Lipinski definition) is 2. The van der Waals surface area contributed by atoms with E-state index >= 15 is 0 Å². The quantitative estimate of drug-likeness (QED) is 0.468. The van der Waals surface area contributed by atoms with Crippen molar-refractivity contribution < 1.29 is 0 Å². The maximum Gasteiger partial charge on any atom is 0.00388 e. The van der Waals surface area contributed by atoms with Gasteiger partial charge in [-0.15, -0.1) is 0 Å². The molecule has 0 saturated heterocycles. The highest BCUT2D eigenvalue weighted by atomic mass is 14.9. The molecule has 0 saturated carbocycles. The van der Waals surface area contributed by atoms with Crippen LogP contribution in [0.15, 0.2) is 60.7 Å². The summed E-state index contributed by atoms with van der Waals surface area (Å²) in [6.45, 7) is 5.64. The first kappa shape index (κ1) is 20.7. The van der Waals surface area contributed by atoms with Gasteiger partial charge in [-0.3, -0.25) is 0 Å². The van der Waals surface area contributed by atoms with E-state index in [4.69, 9.17) is 0 Å². The largest absolute Gasteiger partial charge is 0.316 e. The van der Waals surface area contributed by atoms with Crippen molar-refractivity contribution in [3.8, 4) is 0 Å². The lowest BCUT2D eigenvalue weighted by molar-refractivity contribution is 0.481. The Bertz CT molecular complexity index is 553. The Morgan fingerprint density at radius 3 is 1.88 bits per heavy atom. The maximum atomic E-state index is 3.65. The minimum Gasteiger partial charge on any atom is -0.316 e. The number of rotatable bonds is 14. The van der Waals surface area contributed by atoms with Crippen molar-refractivity contribution in [3.63, 3.8) is 0 Å². The summed E-state index contributed by atoms with van der Waals surface area (Å²) in [5, 5.41) is 7.22. The van der Waals surface area contributed by atoms with Crippen molar-refractivity contribution >= 4 is 0 Å². The standard InChI is InChI=1S/C24H36N2/c1-22(26-21-18-24-15-9-5-10-16-24)12-6-2-3-11-19-25-20-17-23-13-7-4-8-14-23/h4-5,7-10,13-16,22,25-26H,2-3,6,11-12,17-21H2,1H3. The topological polar surface area (TPSA) is 24.1 Å². The van der Waals surface area contributed by atoms with Crippen molar-refractivity contribution in [1.29, 1.82) is 0 Å². The van der Waals surface area contributed by atoms with Crippen LogP contribution in [0.2, 0.25) is 0 Å². The summed E-state index contributed by atoms with van der Waals surface area (Å²) in [7, 11) is 0. The number of nitrogens with one attached hydrogen (secondary N) is 2. The van der Waals surface area contributed by atoms with E-state index in [9.17, 15) is 0 Å². The third kappa shape index (κ3) is 9.74. The summed E-state index contributed by atoms with van der Waals surface area (Å²) in [6.07, 6.45) is 8.87. The number of hydrogen-bond acceptors (Lipinski definition) is 2. The highest BCUT2D eigenvalue weighted by molar-refractivity contribution is 5.15. The average molecular weight is 353 g/mol. The van der Waals surface area contributed by atoms with Gasteiger partial charge >= 0.3 is 0 Å². The summed E-state index contributed by atoms with van der Waals surface area (Å²) in [5.41, 5.74) is 2.85. The highest BCUT2D eigenvalue weighted by Gasteiger charge is 2.01. The van der Waals surface area contributed by atoms with Gasteiger partial charge in [0.2, 0.25) is 0 Å². The van der Waals surface area contributed by atoms with Gasteiger partial charge in [0.05, 0.1) is 0 Å². The van der Waals surface area contributed by atoms with Gasteiger partial charge in [-0.2, -0.15) is 0 Å². The van der Waals surface area contributed by atoms with Crippen LogP contribution in [0.5, 0.6) is 0 Å². The fraction of sp³-hybridized carbons (Fsp3) is 0.500. The Morgan fingerprint density at radius 1 is 0.654 bits per heavy atom. The SMILES string of the molecule is CC(CCCCCCNCCc1ccccc1)NCCc1ccccc1. The number of benzene rings is 2. The van der Waals surface area contributed by atoms with Gasteiger partial charge in [-0.05, 0) is 63.4 Å². The predicted molar refractivity (Wildman–Crippen MR) is 114 cm³/mol. The maximum absolute atomic E-state index is 3.65. The average Bonchev–Trinajstić information content (AvgIpc) is 2.68. The van der Waals surface area contributed by atoms with Crippen molar-refractivity contribution in [3.05, 3.63) is 71.8 Å². The molecule has 0 aliphatic heterocycles. The molecule has 2 rings (SSSR count). The first-order chi connectivity index (χ1) is 12.8. The highest BCUT2D eigenvalue weighted by Crippen LogP contribution is 2.06. The molecule has 2 heteroatoms. The Hall–Kier alpha value is -1.64. The first-order valence-electron chi connectivity index (χ1n) is 10.4. The molecule has 2 N–H and O–H groups in total. The summed E-state index contributed by atoms with van der Waals surface area (Å²) < 4.78 is 0. The fourth-order valence-electron chi connectivity index (χ4n) is 3.27. The summed E-state index contributed by atoms with van der Waals surface area (Å²) in [5.74, 6) is 0. The lowest BCUT2D eigenvalue weighted by Crippen LogP contribution is -2.28. The van der Waals surface area contributed by atoms with Crippen molar-refractivity contribution in [2.45, 2.75) is 57.9 Å². The Labute approximate surface area is 160 Å². The molecule has 0 aromatic heterocycles. The molecule has 0 spiro atoms. The molecule has 1 atom stereocenters. The monoisotopic (exact) mass is 352 g/mol. The van der Waals surface area contributed by atoms with Gasteiger partial charge in [-0.25, -0.2) is 0 Å². The van der Waals surface area contributed by atoms with E-state index in [0.29, 0.717) is 6.04 Å². The van der Waals surface area contributed by atoms with Gasteiger partial charge in [0.15, 0.2) is 0 Å². The molecule has 0 heterocycles. The molecule has 26 heavy (non-hydrogen) atoms. The zero-order valence-electron chi connectivity index (χ0n) is 16.4. The second-order valence-corrected chi connectivity index (χ2v) is 7.28. The van der Waals surface area contributed by atoms with E-state index in [1.165, 1.54) is 43.2 Å². The van der Waals surface area contributed by atoms with E-state index in [1.807, 2.05) is 0 Å². The van der Waals surface area contributed by atoms with Crippen molar-refractivity contribution in [2.24, 2.45) is 0 Å². The van der Waals surface area contributed by atoms with E-state index in [1.54, 1.807) is 0 Å². The van der Waals surface area contributed by atoms with E-state index in [0.717, 1.165) is 32.5 Å². The number of unbranched alkanes of at least 4 members (excludes halogenated alkanes) is 3. The third-order valence-electron chi connectivity index (χ3n) is 4.92. The van der Waals surface area contributed by atoms with E-state index in [-0.39, 0.29) is 0 Å². The van der Waals surface area contributed by atoms with Crippen LogP contribution in [0.4, 0.5) is 0 Å². The zero-order valence-corrected chi connectivity index (χ0v) is 16.4. The van der Waals surface area contributed by atoms with Gasteiger partial charge in [0, 0.05) is 6.04 Å². The van der Waals surface area contributed by atoms with Crippen LogP contribution >= 0.6 is 0 Å². The van der Waals surface area contributed by atoms with Crippen molar-refractivity contribution in [2.75, 3.05) is 19.6 Å². The molecule has 0 aliphatic carbocycles. The lowest BCUT2D eigenvalue weighted by atomic mass is 10.1. The van der Waals surface area contributed by atoms with Crippen LogP contribution in [0.3, 0.4) is 0 Å². The molecule has 0 bridgehead atoms. The molecule has 1 unspecified atom stereocenters. The molecule has 0 fully saturated rings. The third-order valence-corrected chi connectivity index (χ3v) is 4.92.